The highest BCUT2D eigenvalue weighted by Gasteiger charge is 2.42. The number of hydrogen-bond donors (Lipinski definition) is 2. The van der Waals surface area contributed by atoms with Crippen LogP contribution in [0.3, 0.4) is 0 Å². The Labute approximate surface area is 121 Å². The van der Waals surface area contributed by atoms with Crippen molar-refractivity contribution < 1.29 is 14.6 Å². The number of rotatable bonds is 6. The molecule has 1 saturated heterocycles. The van der Waals surface area contributed by atoms with Gasteiger partial charge in [0, 0.05) is 32.8 Å². The summed E-state index contributed by atoms with van der Waals surface area (Å²) < 4.78 is 5.03. The number of hydrogen-bond acceptors (Lipinski definition) is 4. The molecule has 116 valence electrons. The van der Waals surface area contributed by atoms with Gasteiger partial charge in [-0.25, -0.2) is 0 Å². The number of nitrogens with zero attached hydrogens (tertiary/aromatic N) is 1. The third kappa shape index (κ3) is 3.93. The smallest absolute Gasteiger partial charge is 0.255 e. The second kappa shape index (κ2) is 7.38. The summed E-state index contributed by atoms with van der Waals surface area (Å²) in [6.45, 7) is 2.22. The first kappa shape index (κ1) is 15.7. The van der Waals surface area contributed by atoms with E-state index in [4.69, 9.17) is 4.74 Å². The van der Waals surface area contributed by atoms with Crippen LogP contribution in [-0.4, -0.2) is 60.9 Å². The fourth-order valence-electron chi connectivity index (χ4n) is 3.26. The first-order valence-electron chi connectivity index (χ1n) is 7.90. The van der Waals surface area contributed by atoms with Crippen molar-refractivity contribution in [3.8, 4) is 0 Å². The van der Waals surface area contributed by atoms with E-state index >= 15 is 0 Å². The number of carbonyl (C=O) groups excluding carboxylic acids is 1. The van der Waals surface area contributed by atoms with Crippen molar-refractivity contribution in [1.82, 2.24) is 10.2 Å². The van der Waals surface area contributed by atoms with E-state index in [9.17, 15) is 9.90 Å². The molecule has 2 aliphatic rings. The molecular weight excluding hydrogens is 256 g/mol. The molecular formula is C15H28N2O3. The molecule has 2 N–H and O–H groups in total. The van der Waals surface area contributed by atoms with Crippen LogP contribution in [0.25, 0.3) is 0 Å². The highest BCUT2D eigenvalue weighted by molar-refractivity contribution is 5.86. The minimum atomic E-state index is -1.22. The number of nitrogens with one attached hydrogen (secondary N) is 1. The van der Waals surface area contributed by atoms with Crippen LogP contribution in [0.5, 0.6) is 0 Å². The van der Waals surface area contributed by atoms with Gasteiger partial charge >= 0.3 is 0 Å². The lowest BCUT2D eigenvalue weighted by Gasteiger charge is -2.39. The standard InChI is InChI=1S/C15H28N2O3/c1-20-11-10-17-9-5-8-15(19,14(17)18)12-16-13-6-3-2-4-7-13/h13,16,19H,2-12H2,1H3/t15-/m0/s1. The summed E-state index contributed by atoms with van der Waals surface area (Å²) in [4.78, 5) is 14.1. The average Bonchev–Trinajstić information content (AvgIpc) is 2.48. The fourth-order valence-corrected chi connectivity index (χ4v) is 3.26. The SMILES string of the molecule is COCCN1CCC[C@](O)(CNC2CCCCC2)C1=O. The Bertz CT molecular complexity index is 318. The van der Waals surface area contributed by atoms with Crippen LogP contribution < -0.4 is 5.32 Å². The zero-order chi connectivity index (χ0) is 14.4. The van der Waals surface area contributed by atoms with Crippen molar-refractivity contribution in [2.75, 3.05) is 33.4 Å². The molecule has 20 heavy (non-hydrogen) atoms. The predicted octanol–water partition coefficient (Wildman–Crippen LogP) is 0.909. The van der Waals surface area contributed by atoms with Gasteiger partial charge in [0.05, 0.1) is 6.61 Å². The summed E-state index contributed by atoms with van der Waals surface area (Å²) in [7, 11) is 1.63. The van der Waals surface area contributed by atoms with E-state index in [0.29, 0.717) is 32.2 Å². The minimum absolute atomic E-state index is 0.135. The topological polar surface area (TPSA) is 61.8 Å². The van der Waals surface area contributed by atoms with Crippen LogP contribution in [0.2, 0.25) is 0 Å². The highest BCUT2D eigenvalue weighted by Crippen LogP contribution is 2.23. The molecule has 0 bridgehead atoms. The first-order chi connectivity index (χ1) is 9.65. The van der Waals surface area contributed by atoms with E-state index in [-0.39, 0.29) is 5.91 Å². The normalized spacial score (nSPS) is 28.9. The van der Waals surface area contributed by atoms with E-state index in [1.54, 1.807) is 12.0 Å². The third-order valence-electron chi connectivity index (χ3n) is 4.56. The van der Waals surface area contributed by atoms with Crippen LogP contribution >= 0.6 is 0 Å². The fraction of sp³-hybridized carbons (Fsp3) is 0.933. The van der Waals surface area contributed by atoms with Crippen LogP contribution in [-0.2, 0) is 9.53 Å². The van der Waals surface area contributed by atoms with Gasteiger partial charge in [-0.3, -0.25) is 4.79 Å². The molecule has 0 aromatic carbocycles. The predicted molar refractivity (Wildman–Crippen MR) is 77.5 cm³/mol. The molecule has 0 aromatic rings. The Morgan fingerprint density at radius 3 is 2.80 bits per heavy atom. The van der Waals surface area contributed by atoms with Gasteiger partial charge in [0.2, 0.25) is 0 Å². The molecule has 0 unspecified atom stereocenters. The minimum Gasteiger partial charge on any atom is -0.383 e. The van der Waals surface area contributed by atoms with Crippen molar-refractivity contribution in [3.05, 3.63) is 0 Å². The molecule has 1 heterocycles. The number of likely N-dealkylation sites (tertiary alicyclic amines) is 1. The molecule has 2 fully saturated rings. The van der Waals surface area contributed by atoms with Gasteiger partial charge in [-0.1, -0.05) is 19.3 Å². The van der Waals surface area contributed by atoms with Gasteiger partial charge in [0.25, 0.3) is 5.91 Å². The summed E-state index contributed by atoms with van der Waals surface area (Å²) in [6, 6.07) is 0.468. The Kier molecular flexibility index (Phi) is 5.81. The second-order valence-corrected chi connectivity index (χ2v) is 6.14. The van der Waals surface area contributed by atoms with Gasteiger partial charge < -0.3 is 20.1 Å². The number of carbonyl (C=O) groups is 1. The van der Waals surface area contributed by atoms with Crippen molar-refractivity contribution >= 4 is 5.91 Å². The molecule has 1 saturated carbocycles. The molecule has 1 amide bonds. The number of amides is 1. The van der Waals surface area contributed by atoms with Gasteiger partial charge in [-0.2, -0.15) is 0 Å². The van der Waals surface area contributed by atoms with Crippen LogP contribution in [0.15, 0.2) is 0 Å². The maximum atomic E-state index is 12.4. The third-order valence-corrected chi connectivity index (χ3v) is 4.56. The highest BCUT2D eigenvalue weighted by atomic mass is 16.5. The molecule has 1 aliphatic carbocycles. The van der Waals surface area contributed by atoms with Crippen molar-refractivity contribution in [2.45, 2.75) is 56.6 Å². The van der Waals surface area contributed by atoms with E-state index in [1.165, 1.54) is 19.3 Å². The Morgan fingerprint density at radius 2 is 2.10 bits per heavy atom. The van der Waals surface area contributed by atoms with Crippen LogP contribution in [0.1, 0.15) is 44.9 Å². The number of methoxy groups -OCH3 is 1. The zero-order valence-electron chi connectivity index (χ0n) is 12.6. The summed E-state index contributed by atoms with van der Waals surface area (Å²) in [6.07, 6.45) is 7.57. The van der Waals surface area contributed by atoms with E-state index in [0.717, 1.165) is 25.8 Å². The largest absolute Gasteiger partial charge is 0.383 e. The maximum Gasteiger partial charge on any atom is 0.255 e. The Morgan fingerprint density at radius 1 is 1.35 bits per heavy atom. The quantitative estimate of drug-likeness (QED) is 0.761. The molecule has 1 aliphatic heterocycles. The van der Waals surface area contributed by atoms with Crippen molar-refractivity contribution in [1.29, 1.82) is 0 Å². The molecule has 0 radical (unpaired) electrons. The molecule has 1 atom stereocenters. The second-order valence-electron chi connectivity index (χ2n) is 6.14. The van der Waals surface area contributed by atoms with Crippen LogP contribution in [0.4, 0.5) is 0 Å². The van der Waals surface area contributed by atoms with Crippen LogP contribution in [0, 0.1) is 0 Å². The Balaban J connectivity index is 1.85. The number of aliphatic hydroxyl groups is 1. The zero-order valence-corrected chi connectivity index (χ0v) is 12.6. The van der Waals surface area contributed by atoms with Gasteiger partial charge in [0.1, 0.15) is 0 Å². The lowest BCUT2D eigenvalue weighted by Crippen LogP contribution is -2.59. The molecule has 5 heteroatoms. The lowest BCUT2D eigenvalue weighted by atomic mass is 9.90. The van der Waals surface area contributed by atoms with Gasteiger partial charge in [-0.05, 0) is 25.7 Å². The number of piperidine rings is 1. The lowest BCUT2D eigenvalue weighted by molar-refractivity contribution is -0.157. The molecule has 2 rings (SSSR count). The van der Waals surface area contributed by atoms with E-state index in [2.05, 4.69) is 5.32 Å². The van der Waals surface area contributed by atoms with Gasteiger partial charge in [0.15, 0.2) is 5.60 Å². The van der Waals surface area contributed by atoms with E-state index in [1.807, 2.05) is 0 Å². The maximum absolute atomic E-state index is 12.4. The monoisotopic (exact) mass is 284 g/mol. The summed E-state index contributed by atoms with van der Waals surface area (Å²) in [5, 5.41) is 14.1. The molecule has 0 spiro atoms. The molecule has 0 aromatic heterocycles. The summed E-state index contributed by atoms with van der Waals surface area (Å²) in [5.74, 6) is -0.135. The summed E-state index contributed by atoms with van der Waals surface area (Å²) >= 11 is 0. The summed E-state index contributed by atoms with van der Waals surface area (Å²) in [5.41, 5.74) is -1.22. The number of ether oxygens (including phenoxy) is 1. The Hall–Kier alpha value is -0.650. The average molecular weight is 284 g/mol. The van der Waals surface area contributed by atoms with E-state index < -0.39 is 5.60 Å². The molecule has 5 nitrogen and oxygen atoms in total. The first-order valence-corrected chi connectivity index (χ1v) is 7.90. The van der Waals surface area contributed by atoms with Gasteiger partial charge in [-0.15, -0.1) is 0 Å². The van der Waals surface area contributed by atoms with Crippen molar-refractivity contribution in [2.24, 2.45) is 0 Å². The van der Waals surface area contributed by atoms with Crippen molar-refractivity contribution in [3.63, 3.8) is 0 Å².